The molecule has 3 aliphatic rings. The van der Waals surface area contributed by atoms with Crippen molar-refractivity contribution in [3.63, 3.8) is 0 Å². The van der Waals surface area contributed by atoms with Crippen LogP contribution in [-0.4, -0.2) is 49.5 Å². The summed E-state index contributed by atoms with van der Waals surface area (Å²) >= 11 is 6.28. The van der Waals surface area contributed by atoms with Crippen molar-refractivity contribution in [1.29, 1.82) is 0 Å². The van der Waals surface area contributed by atoms with Crippen LogP contribution in [-0.2, 0) is 13.1 Å². The van der Waals surface area contributed by atoms with Crippen LogP contribution in [0.15, 0.2) is 36.5 Å². The van der Waals surface area contributed by atoms with E-state index < -0.39 is 11.7 Å². The molecular formula is C25H26ClF3N6. The fraction of sp³-hybridized carbons (Fsp3) is 0.480. The Morgan fingerprint density at radius 1 is 1.03 bits per heavy atom. The van der Waals surface area contributed by atoms with Gasteiger partial charge in [-0.15, -0.1) is 10.2 Å². The first-order valence-electron chi connectivity index (χ1n) is 12.0. The second kappa shape index (κ2) is 8.20. The smallest absolute Gasteiger partial charge is 0.357 e. The van der Waals surface area contributed by atoms with E-state index in [0.717, 1.165) is 48.8 Å². The lowest BCUT2D eigenvalue weighted by Gasteiger charge is -2.32. The van der Waals surface area contributed by atoms with Gasteiger partial charge in [0.2, 0.25) is 0 Å². The lowest BCUT2D eigenvalue weighted by Crippen LogP contribution is -2.47. The number of fused-ring (bicyclic) bond motifs is 3. The van der Waals surface area contributed by atoms with Crippen LogP contribution >= 0.6 is 11.6 Å². The van der Waals surface area contributed by atoms with E-state index in [1.807, 2.05) is 22.9 Å². The Labute approximate surface area is 206 Å². The first-order valence-corrected chi connectivity index (χ1v) is 12.4. The van der Waals surface area contributed by atoms with Crippen LogP contribution in [0.3, 0.4) is 0 Å². The van der Waals surface area contributed by atoms with Crippen LogP contribution < -0.4 is 4.90 Å². The summed E-state index contributed by atoms with van der Waals surface area (Å²) in [5.41, 5.74) is 0.980. The van der Waals surface area contributed by atoms with Crippen molar-refractivity contribution >= 4 is 17.4 Å². The molecule has 10 heteroatoms. The summed E-state index contributed by atoms with van der Waals surface area (Å²) in [5, 5.41) is 9.47. The predicted molar refractivity (Wildman–Crippen MR) is 127 cm³/mol. The zero-order valence-electron chi connectivity index (χ0n) is 19.4. The number of halogens is 4. The summed E-state index contributed by atoms with van der Waals surface area (Å²) in [5.74, 6) is 2.50. The van der Waals surface area contributed by atoms with E-state index in [1.54, 1.807) is 12.1 Å². The van der Waals surface area contributed by atoms with Gasteiger partial charge in [0.05, 0.1) is 12.2 Å². The van der Waals surface area contributed by atoms with E-state index in [1.165, 1.54) is 10.5 Å². The minimum atomic E-state index is -4.29. The number of hydrogen-bond acceptors (Lipinski definition) is 5. The van der Waals surface area contributed by atoms with Gasteiger partial charge in [0.15, 0.2) is 5.82 Å². The van der Waals surface area contributed by atoms with Gasteiger partial charge in [0.1, 0.15) is 17.2 Å². The van der Waals surface area contributed by atoms with Crippen molar-refractivity contribution in [2.45, 2.75) is 63.3 Å². The molecule has 35 heavy (non-hydrogen) atoms. The molecule has 1 saturated heterocycles. The highest BCUT2D eigenvalue weighted by Gasteiger charge is 2.66. The number of piperidine rings is 1. The van der Waals surface area contributed by atoms with Gasteiger partial charge in [-0.25, -0.2) is 4.98 Å². The molecule has 6 rings (SSSR count). The summed E-state index contributed by atoms with van der Waals surface area (Å²) in [6.45, 7) is 4.00. The van der Waals surface area contributed by atoms with Crippen LogP contribution in [0.5, 0.6) is 0 Å². The van der Waals surface area contributed by atoms with Gasteiger partial charge in [-0.1, -0.05) is 11.6 Å². The topological polar surface area (TPSA) is 50.1 Å². The second-order valence-corrected chi connectivity index (χ2v) is 10.4. The van der Waals surface area contributed by atoms with Gasteiger partial charge < -0.3 is 4.90 Å². The lowest BCUT2D eigenvalue weighted by atomic mass is 9.95. The third kappa shape index (κ3) is 3.89. The number of nitrogens with zero attached hydrogens (tertiary/aromatic N) is 6. The SMILES string of the molecule is Cc1ccnc(N2CCC(c3nnc4n3-c3ccc(Cl)cc3CN(C3(C(F)(F)F)CC3)C4)CC2)c1. The summed E-state index contributed by atoms with van der Waals surface area (Å²) in [4.78, 5) is 8.31. The molecule has 184 valence electrons. The number of alkyl halides is 3. The first kappa shape index (κ1) is 22.8. The van der Waals surface area contributed by atoms with Crippen LogP contribution in [0.25, 0.3) is 5.69 Å². The van der Waals surface area contributed by atoms with Gasteiger partial charge in [0.25, 0.3) is 0 Å². The zero-order valence-corrected chi connectivity index (χ0v) is 20.1. The second-order valence-electron chi connectivity index (χ2n) is 9.92. The van der Waals surface area contributed by atoms with E-state index in [2.05, 4.69) is 33.1 Å². The van der Waals surface area contributed by atoms with Crippen molar-refractivity contribution in [2.24, 2.45) is 0 Å². The molecule has 3 aromatic rings. The van der Waals surface area contributed by atoms with E-state index in [-0.39, 0.29) is 31.8 Å². The molecule has 2 aliphatic heterocycles. The van der Waals surface area contributed by atoms with E-state index in [4.69, 9.17) is 11.6 Å². The Balaban J connectivity index is 1.33. The number of anilines is 1. The third-order valence-corrected chi connectivity index (χ3v) is 7.91. The molecular weight excluding hydrogens is 477 g/mol. The highest BCUT2D eigenvalue weighted by atomic mass is 35.5. The number of benzene rings is 1. The summed E-state index contributed by atoms with van der Waals surface area (Å²) in [6.07, 6.45) is -0.506. The van der Waals surface area contributed by atoms with Crippen LogP contribution in [0.4, 0.5) is 19.0 Å². The average Bonchev–Trinajstić information content (AvgIpc) is 3.58. The maximum atomic E-state index is 14.0. The maximum absolute atomic E-state index is 14.0. The molecule has 1 saturated carbocycles. The largest absolute Gasteiger partial charge is 0.406 e. The molecule has 1 aliphatic carbocycles. The van der Waals surface area contributed by atoms with Gasteiger partial charge in [0, 0.05) is 36.8 Å². The third-order valence-electron chi connectivity index (χ3n) is 7.67. The van der Waals surface area contributed by atoms with Crippen molar-refractivity contribution < 1.29 is 13.2 Å². The highest BCUT2D eigenvalue weighted by Crippen LogP contribution is 2.55. The lowest BCUT2D eigenvalue weighted by molar-refractivity contribution is -0.200. The molecule has 6 nitrogen and oxygen atoms in total. The number of aryl methyl sites for hydroxylation is 1. The fourth-order valence-electron chi connectivity index (χ4n) is 5.55. The summed E-state index contributed by atoms with van der Waals surface area (Å²) in [7, 11) is 0. The molecule has 0 spiro atoms. The van der Waals surface area contributed by atoms with Crippen LogP contribution in [0.1, 0.15) is 54.4 Å². The van der Waals surface area contributed by atoms with Crippen molar-refractivity contribution in [2.75, 3.05) is 18.0 Å². The van der Waals surface area contributed by atoms with Crippen molar-refractivity contribution in [3.8, 4) is 5.69 Å². The Morgan fingerprint density at radius 2 is 1.80 bits per heavy atom. The molecule has 4 heterocycles. The average molecular weight is 503 g/mol. The number of rotatable bonds is 3. The Bertz CT molecular complexity index is 1260. The monoisotopic (exact) mass is 502 g/mol. The standard InChI is InChI=1S/C25H26ClF3N6/c1-16-4-9-30-21(12-16)33-10-5-17(6-11-33)23-32-31-22-15-34(24(7-8-24)25(27,28)29)14-18-13-19(26)2-3-20(18)35(22)23/h2-4,9,12-13,17H,5-8,10-11,14-15H2,1H3. The zero-order chi connectivity index (χ0) is 24.4. The van der Waals surface area contributed by atoms with E-state index in [0.29, 0.717) is 10.8 Å². The van der Waals surface area contributed by atoms with E-state index in [9.17, 15) is 13.2 Å². The van der Waals surface area contributed by atoms with Gasteiger partial charge >= 0.3 is 6.18 Å². The Morgan fingerprint density at radius 3 is 2.49 bits per heavy atom. The van der Waals surface area contributed by atoms with Crippen LogP contribution in [0.2, 0.25) is 5.02 Å². The number of pyridine rings is 1. The summed E-state index contributed by atoms with van der Waals surface area (Å²) in [6, 6.07) is 9.52. The molecule has 0 radical (unpaired) electrons. The van der Waals surface area contributed by atoms with E-state index >= 15 is 0 Å². The quantitative estimate of drug-likeness (QED) is 0.479. The van der Waals surface area contributed by atoms with Gasteiger partial charge in [-0.3, -0.25) is 9.47 Å². The molecule has 0 atom stereocenters. The fourth-order valence-corrected chi connectivity index (χ4v) is 5.75. The van der Waals surface area contributed by atoms with Crippen molar-refractivity contribution in [1.82, 2.24) is 24.6 Å². The molecule has 0 bridgehead atoms. The summed E-state index contributed by atoms with van der Waals surface area (Å²) < 4.78 is 44.1. The first-order chi connectivity index (χ1) is 16.7. The van der Waals surface area contributed by atoms with Crippen molar-refractivity contribution in [3.05, 3.63) is 64.3 Å². The molecule has 2 fully saturated rings. The normalized spacial score (nSPS) is 20.3. The molecule has 2 aromatic heterocycles. The Kier molecular flexibility index (Phi) is 5.34. The molecule has 0 N–H and O–H groups in total. The minimum absolute atomic E-state index is 0.102. The maximum Gasteiger partial charge on any atom is 0.406 e. The van der Waals surface area contributed by atoms with Gasteiger partial charge in [-0.05, 0) is 74.1 Å². The number of aromatic nitrogens is 4. The Hall–Kier alpha value is -2.65. The minimum Gasteiger partial charge on any atom is -0.357 e. The highest BCUT2D eigenvalue weighted by molar-refractivity contribution is 6.30. The van der Waals surface area contributed by atoms with Gasteiger partial charge in [-0.2, -0.15) is 13.2 Å². The predicted octanol–water partition coefficient (Wildman–Crippen LogP) is 5.42. The van der Waals surface area contributed by atoms with Crippen LogP contribution in [0, 0.1) is 6.92 Å². The number of hydrogen-bond donors (Lipinski definition) is 0. The molecule has 0 unspecified atom stereocenters. The molecule has 1 aromatic carbocycles. The molecule has 0 amide bonds.